The van der Waals surface area contributed by atoms with E-state index in [-0.39, 0.29) is 0 Å². The van der Waals surface area contributed by atoms with Gasteiger partial charge in [0, 0.05) is 24.5 Å². The number of carbonyl (C=O) groups is 1. The number of hydrogen-bond acceptors (Lipinski definition) is 4. The first-order chi connectivity index (χ1) is 10.1. The molecule has 1 aliphatic heterocycles. The molecular weight excluding hydrogens is 264 g/mol. The Morgan fingerprint density at radius 2 is 2.14 bits per heavy atom. The number of rotatable bonds is 3. The van der Waals surface area contributed by atoms with Crippen molar-refractivity contribution in [1.82, 2.24) is 9.88 Å². The van der Waals surface area contributed by atoms with E-state index < -0.39 is 5.91 Å². The first-order valence-electron chi connectivity index (χ1n) is 7.17. The highest BCUT2D eigenvalue weighted by molar-refractivity contribution is 6.06. The molecule has 5 nitrogen and oxygen atoms in total. The van der Waals surface area contributed by atoms with Crippen molar-refractivity contribution < 1.29 is 4.79 Å². The molecule has 0 radical (unpaired) electrons. The second kappa shape index (κ2) is 5.33. The van der Waals surface area contributed by atoms with Crippen LogP contribution in [0.4, 0.5) is 5.82 Å². The maximum atomic E-state index is 11.7. The summed E-state index contributed by atoms with van der Waals surface area (Å²) >= 11 is 0. The van der Waals surface area contributed by atoms with E-state index in [4.69, 9.17) is 10.7 Å². The topological polar surface area (TPSA) is 62.5 Å². The van der Waals surface area contributed by atoms with Crippen LogP contribution in [0.3, 0.4) is 0 Å². The Morgan fingerprint density at radius 3 is 2.81 bits per heavy atom. The highest BCUT2D eigenvalue weighted by Gasteiger charge is 2.25. The molecule has 1 fully saturated rings. The summed E-state index contributed by atoms with van der Waals surface area (Å²) in [5.74, 6) is 0.435. The summed E-state index contributed by atoms with van der Waals surface area (Å²) in [6, 6.07) is 9.98. The third-order valence-electron chi connectivity index (χ3n) is 4.19. The molecule has 1 saturated heterocycles. The molecule has 21 heavy (non-hydrogen) atoms. The van der Waals surface area contributed by atoms with Crippen LogP contribution >= 0.6 is 0 Å². The zero-order valence-electron chi connectivity index (χ0n) is 12.4. The Hall–Kier alpha value is -2.14. The smallest absolute Gasteiger partial charge is 0.249 e. The van der Waals surface area contributed by atoms with Crippen LogP contribution in [0.2, 0.25) is 0 Å². The highest BCUT2D eigenvalue weighted by Crippen LogP contribution is 2.26. The monoisotopic (exact) mass is 284 g/mol. The Balaban J connectivity index is 2.02. The molecule has 110 valence electrons. The number of fused-ring (bicyclic) bond motifs is 1. The minimum absolute atomic E-state index is 0.404. The molecule has 1 aromatic carbocycles. The van der Waals surface area contributed by atoms with E-state index in [1.165, 1.54) is 0 Å². The van der Waals surface area contributed by atoms with E-state index in [1.807, 2.05) is 30.3 Å². The first-order valence-corrected chi connectivity index (χ1v) is 7.17. The van der Waals surface area contributed by atoms with E-state index >= 15 is 0 Å². The van der Waals surface area contributed by atoms with Crippen LogP contribution in [-0.2, 0) is 0 Å². The summed E-state index contributed by atoms with van der Waals surface area (Å²) in [5.41, 5.74) is 6.89. The predicted octanol–water partition coefficient (Wildman–Crippen LogP) is 1.47. The van der Waals surface area contributed by atoms with Crippen LogP contribution in [0, 0.1) is 0 Å². The number of anilines is 1. The maximum Gasteiger partial charge on any atom is 0.249 e. The molecule has 2 heterocycles. The molecule has 5 heteroatoms. The van der Waals surface area contributed by atoms with Crippen molar-refractivity contribution in [3.8, 4) is 0 Å². The number of likely N-dealkylation sites (N-methyl/N-ethyl adjacent to an activating group) is 1. The van der Waals surface area contributed by atoms with E-state index in [0.717, 1.165) is 36.2 Å². The first kappa shape index (κ1) is 13.8. The second-order valence-corrected chi connectivity index (χ2v) is 5.76. The number of nitrogens with zero attached hydrogens (tertiary/aromatic N) is 3. The molecule has 1 atom stereocenters. The van der Waals surface area contributed by atoms with Crippen molar-refractivity contribution in [1.29, 1.82) is 0 Å². The number of carbonyl (C=O) groups excluding carboxylic acids is 1. The van der Waals surface area contributed by atoms with Crippen LogP contribution in [-0.4, -0.2) is 49.0 Å². The molecular formula is C16H20N4O. The molecule has 1 aromatic heterocycles. The van der Waals surface area contributed by atoms with Gasteiger partial charge in [-0.3, -0.25) is 4.79 Å². The van der Waals surface area contributed by atoms with E-state index in [0.29, 0.717) is 11.6 Å². The van der Waals surface area contributed by atoms with Gasteiger partial charge in [0.25, 0.3) is 0 Å². The molecule has 0 spiro atoms. The molecule has 2 N–H and O–H groups in total. The van der Waals surface area contributed by atoms with Gasteiger partial charge in [-0.1, -0.05) is 18.2 Å². The molecule has 1 amide bonds. The van der Waals surface area contributed by atoms with Gasteiger partial charge in [0.05, 0.1) is 11.1 Å². The van der Waals surface area contributed by atoms with Gasteiger partial charge in [-0.25, -0.2) is 4.98 Å². The maximum absolute atomic E-state index is 11.7. The number of pyridine rings is 1. The Morgan fingerprint density at radius 1 is 1.38 bits per heavy atom. The number of nitrogens with two attached hydrogens (primary N) is 1. The summed E-state index contributed by atoms with van der Waals surface area (Å²) in [6.07, 6.45) is 1.10. The third-order valence-corrected chi connectivity index (χ3v) is 4.19. The molecule has 2 aromatic rings. The van der Waals surface area contributed by atoms with E-state index in [1.54, 1.807) is 0 Å². The summed E-state index contributed by atoms with van der Waals surface area (Å²) in [4.78, 5) is 20.9. The fraction of sp³-hybridized carbons (Fsp3) is 0.375. The standard InChI is InChI=1S/C16H20N4O/c1-19(2)11-7-8-20(10-11)15-9-13(16(17)21)12-5-3-4-6-14(12)18-15/h3-6,9,11H,7-8,10H2,1-2H3,(H2,17,21). The number of primary amides is 1. The van der Waals surface area contributed by atoms with Gasteiger partial charge in [-0.05, 0) is 32.6 Å². The minimum atomic E-state index is -0.404. The average molecular weight is 284 g/mol. The Labute approximate surface area is 124 Å². The quantitative estimate of drug-likeness (QED) is 0.927. The number of aromatic nitrogens is 1. The summed E-state index contributed by atoms with van der Waals surface area (Å²) < 4.78 is 0. The van der Waals surface area contributed by atoms with Crippen molar-refractivity contribution >= 4 is 22.6 Å². The number of amides is 1. The number of benzene rings is 1. The Bertz CT molecular complexity index is 683. The third kappa shape index (κ3) is 2.56. The fourth-order valence-electron chi connectivity index (χ4n) is 2.90. The van der Waals surface area contributed by atoms with Crippen LogP contribution in [0.5, 0.6) is 0 Å². The zero-order valence-corrected chi connectivity index (χ0v) is 12.4. The van der Waals surface area contributed by atoms with Crippen LogP contribution in [0.25, 0.3) is 10.9 Å². The van der Waals surface area contributed by atoms with Crippen LogP contribution in [0.15, 0.2) is 30.3 Å². The van der Waals surface area contributed by atoms with Crippen molar-refractivity contribution in [2.75, 3.05) is 32.1 Å². The van der Waals surface area contributed by atoms with Crippen molar-refractivity contribution in [2.45, 2.75) is 12.5 Å². The normalized spacial score (nSPS) is 18.6. The highest BCUT2D eigenvalue weighted by atomic mass is 16.1. The lowest BCUT2D eigenvalue weighted by molar-refractivity contribution is 0.100. The van der Waals surface area contributed by atoms with E-state index in [9.17, 15) is 4.79 Å². The lowest BCUT2D eigenvalue weighted by atomic mass is 10.1. The molecule has 0 bridgehead atoms. The van der Waals surface area contributed by atoms with Crippen molar-refractivity contribution in [3.05, 3.63) is 35.9 Å². The summed E-state index contributed by atoms with van der Waals surface area (Å²) in [6.45, 7) is 1.88. The molecule has 1 aliphatic rings. The molecule has 0 saturated carbocycles. The van der Waals surface area contributed by atoms with Crippen LogP contribution in [0.1, 0.15) is 16.8 Å². The zero-order chi connectivity index (χ0) is 15.0. The lowest BCUT2D eigenvalue weighted by Gasteiger charge is -2.21. The molecule has 0 aliphatic carbocycles. The van der Waals surface area contributed by atoms with Crippen LogP contribution < -0.4 is 10.6 Å². The summed E-state index contributed by atoms with van der Waals surface area (Å²) in [7, 11) is 4.19. The van der Waals surface area contributed by atoms with Gasteiger partial charge >= 0.3 is 0 Å². The predicted molar refractivity (Wildman–Crippen MR) is 84.6 cm³/mol. The number of para-hydroxylation sites is 1. The van der Waals surface area contributed by atoms with Gasteiger partial charge in [-0.15, -0.1) is 0 Å². The minimum Gasteiger partial charge on any atom is -0.366 e. The average Bonchev–Trinajstić information content (AvgIpc) is 2.96. The van der Waals surface area contributed by atoms with Crippen molar-refractivity contribution in [2.24, 2.45) is 5.73 Å². The van der Waals surface area contributed by atoms with Gasteiger partial charge in [0.1, 0.15) is 5.82 Å². The fourth-order valence-corrected chi connectivity index (χ4v) is 2.90. The van der Waals surface area contributed by atoms with Gasteiger partial charge < -0.3 is 15.5 Å². The van der Waals surface area contributed by atoms with Gasteiger partial charge in [-0.2, -0.15) is 0 Å². The Kier molecular flexibility index (Phi) is 3.51. The second-order valence-electron chi connectivity index (χ2n) is 5.76. The molecule has 3 rings (SSSR count). The molecule has 1 unspecified atom stereocenters. The SMILES string of the molecule is CN(C)C1CCN(c2cc(C(N)=O)c3ccccc3n2)C1. The lowest BCUT2D eigenvalue weighted by Crippen LogP contribution is -2.31. The van der Waals surface area contributed by atoms with Gasteiger partial charge in [0.2, 0.25) is 5.91 Å². The van der Waals surface area contributed by atoms with Crippen molar-refractivity contribution in [3.63, 3.8) is 0 Å². The van der Waals surface area contributed by atoms with E-state index in [2.05, 4.69) is 23.9 Å². The van der Waals surface area contributed by atoms with Gasteiger partial charge in [0.15, 0.2) is 0 Å². The largest absolute Gasteiger partial charge is 0.366 e. The number of hydrogen-bond donors (Lipinski definition) is 1. The summed E-state index contributed by atoms with van der Waals surface area (Å²) in [5, 5.41) is 0.817.